The van der Waals surface area contributed by atoms with E-state index in [2.05, 4.69) is 10.3 Å². The van der Waals surface area contributed by atoms with E-state index >= 15 is 0 Å². The second kappa shape index (κ2) is 6.63. The molecule has 1 N–H and O–H groups in total. The van der Waals surface area contributed by atoms with E-state index in [1.54, 1.807) is 18.4 Å². The van der Waals surface area contributed by atoms with E-state index < -0.39 is 10.8 Å². The summed E-state index contributed by atoms with van der Waals surface area (Å²) in [5, 5.41) is 14.4. The van der Waals surface area contributed by atoms with E-state index in [1.165, 1.54) is 29.5 Å². The molecule has 0 aliphatic heterocycles. The van der Waals surface area contributed by atoms with Crippen LogP contribution in [0.4, 0.5) is 5.69 Å². The van der Waals surface area contributed by atoms with Crippen molar-refractivity contribution in [2.24, 2.45) is 0 Å². The molecule has 0 radical (unpaired) electrons. The number of carbonyl (C=O) groups is 1. The molecule has 3 aromatic rings. The van der Waals surface area contributed by atoms with Crippen LogP contribution in [0.3, 0.4) is 0 Å². The third kappa shape index (κ3) is 3.18. The number of nitrogens with one attached hydrogen (secondary N) is 1. The van der Waals surface area contributed by atoms with Crippen LogP contribution >= 0.6 is 11.3 Å². The number of hydrogen-bond acceptors (Lipinski definition) is 6. The van der Waals surface area contributed by atoms with Crippen LogP contribution in [0.2, 0.25) is 0 Å². The Hall–Kier alpha value is -3.00. The number of rotatable bonds is 5. The number of para-hydroxylation sites is 1. The van der Waals surface area contributed by atoms with Crippen LogP contribution in [0, 0.1) is 17.0 Å². The maximum atomic E-state index is 12.2. The molecule has 7 nitrogen and oxygen atoms in total. The first-order chi connectivity index (χ1) is 11.6. The van der Waals surface area contributed by atoms with Crippen LogP contribution < -0.4 is 5.32 Å². The molecule has 0 unspecified atom stereocenters. The van der Waals surface area contributed by atoms with Gasteiger partial charge in [-0.1, -0.05) is 12.1 Å². The number of nitro benzene ring substituents is 1. The molecule has 122 valence electrons. The minimum Gasteiger partial charge on any atom is -0.462 e. The van der Waals surface area contributed by atoms with Gasteiger partial charge < -0.3 is 9.73 Å². The average molecular weight is 343 g/mol. The molecule has 8 heteroatoms. The van der Waals surface area contributed by atoms with Crippen molar-refractivity contribution >= 4 is 22.9 Å². The van der Waals surface area contributed by atoms with E-state index in [9.17, 15) is 14.9 Å². The van der Waals surface area contributed by atoms with Crippen LogP contribution in [-0.2, 0) is 6.54 Å². The van der Waals surface area contributed by atoms with E-state index in [-0.39, 0.29) is 17.8 Å². The zero-order chi connectivity index (χ0) is 17.1. The van der Waals surface area contributed by atoms with Crippen LogP contribution in [-0.4, -0.2) is 15.8 Å². The molecule has 0 atom stereocenters. The lowest BCUT2D eigenvalue weighted by molar-refractivity contribution is -0.385. The van der Waals surface area contributed by atoms with Crippen molar-refractivity contribution in [2.75, 3.05) is 0 Å². The lowest BCUT2D eigenvalue weighted by Crippen LogP contribution is -2.23. The largest absolute Gasteiger partial charge is 0.462 e. The number of nitro groups is 1. The van der Waals surface area contributed by atoms with Gasteiger partial charge in [-0.05, 0) is 25.1 Å². The molecular weight excluding hydrogens is 330 g/mol. The molecule has 0 saturated heterocycles. The summed E-state index contributed by atoms with van der Waals surface area (Å²) in [6.07, 6.45) is 1.57. The van der Waals surface area contributed by atoms with Gasteiger partial charge in [0.1, 0.15) is 5.56 Å². The Morgan fingerprint density at radius 1 is 1.33 bits per heavy atom. The Balaban J connectivity index is 1.75. The quantitative estimate of drug-likeness (QED) is 0.564. The molecule has 0 bridgehead atoms. The number of aromatic nitrogens is 1. The van der Waals surface area contributed by atoms with Crippen LogP contribution in [0.15, 0.2) is 47.1 Å². The van der Waals surface area contributed by atoms with Crippen LogP contribution in [0.1, 0.15) is 20.9 Å². The summed E-state index contributed by atoms with van der Waals surface area (Å²) >= 11 is 1.41. The zero-order valence-electron chi connectivity index (χ0n) is 12.7. The Morgan fingerprint density at radius 3 is 2.83 bits per heavy atom. The van der Waals surface area contributed by atoms with E-state index in [4.69, 9.17) is 4.42 Å². The summed E-state index contributed by atoms with van der Waals surface area (Å²) in [6.45, 7) is 2.09. The number of hydrogen-bond donors (Lipinski definition) is 1. The minimum absolute atomic E-state index is 0.0379. The van der Waals surface area contributed by atoms with Gasteiger partial charge in [0.15, 0.2) is 10.8 Å². The standard InChI is InChI=1S/C16H13N3O4S/c1-10-14(24-16(18-10)13-7-4-8-23-13)9-17-15(20)11-5-2-3-6-12(11)19(21)22/h2-8H,9H2,1H3,(H,17,20). The fourth-order valence-corrected chi connectivity index (χ4v) is 3.15. The number of nitrogens with zero attached hydrogens (tertiary/aromatic N) is 2. The van der Waals surface area contributed by atoms with Gasteiger partial charge in [-0.2, -0.15) is 0 Å². The summed E-state index contributed by atoms with van der Waals surface area (Å²) in [6, 6.07) is 9.45. The van der Waals surface area contributed by atoms with Gasteiger partial charge in [0, 0.05) is 10.9 Å². The smallest absolute Gasteiger partial charge is 0.282 e. The van der Waals surface area contributed by atoms with Gasteiger partial charge in [0.05, 0.1) is 23.4 Å². The normalized spacial score (nSPS) is 10.5. The average Bonchev–Trinajstić information content (AvgIpc) is 3.22. The topological polar surface area (TPSA) is 98.3 Å². The highest BCUT2D eigenvalue weighted by atomic mass is 32.1. The molecular formula is C16H13N3O4S. The highest BCUT2D eigenvalue weighted by Crippen LogP contribution is 2.28. The van der Waals surface area contributed by atoms with E-state index in [0.717, 1.165) is 15.6 Å². The van der Waals surface area contributed by atoms with Gasteiger partial charge in [0.2, 0.25) is 0 Å². The first-order valence-electron chi connectivity index (χ1n) is 7.08. The summed E-state index contributed by atoms with van der Waals surface area (Å²) in [5.74, 6) is 0.175. The number of thiazole rings is 1. The van der Waals surface area contributed by atoms with Crippen LogP contribution in [0.25, 0.3) is 10.8 Å². The molecule has 2 heterocycles. The van der Waals surface area contributed by atoms with Crippen LogP contribution in [0.5, 0.6) is 0 Å². The Bertz CT molecular complexity index is 887. The molecule has 0 aliphatic rings. The number of furan rings is 1. The predicted octanol–water partition coefficient (Wildman–Crippen LogP) is 3.55. The maximum Gasteiger partial charge on any atom is 0.282 e. The van der Waals surface area contributed by atoms with Gasteiger partial charge in [0.25, 0.3) is 11.6 Å². The summed E-state index contributed by atoms with van der Waals surface area (Å²) in [4.78, 5) is 28.0. The Morgan fingerprint density at radius 2 is 2.12 bits per heavy atom. The molecule has 1 aromatic carbocycles. The molecule has 0 saturated carbocycles. The van der Waals surface area contributed by atoms with Gasteiger partial charge in [-0.25, -0.2) is 4.98 Å². The van der Waals surface area contributed by atoms with Gasteiger partial charge in [-0.3, -0.25) is 14.9 Å². The van der Waals surface area contributed by atoms with Crippen molar-refractivity contribution < 1.29 is 14.1 Å². The molecule has 3 rings (SSSR count). The summed E-state index contributed by atoms with van der Waals surface area (Å²) < 4.78 is 5.31. The Kier molecular flexibility index (Phi) is 4.39. The van der Waals surface area contributed by atoms with Crippen molar-refractivity contribution in [1.82, 2.24) is 10.3 Å². The molecule has 0 aliphatic carbocycles. The summed E-state index contributed by atoms with van der Waals surface area (Å²) in [7, 11) is 0. The van der Waals surface area contributed by atoms with E-state index in [0.29, 0.717) is 5.76 Å². The lowest BCUT2D eigenvalue weighted by Gasteiger charge is -2.04. The number of aryl methyl sites for hydroxylation is 1. The lowest BCUT2D eigenvalue weighted by atomic mass is 10.1. The predicted molar refractivity (Wildman–Crippen MR) is 88.8 cm³/mol. The second-order valence-electron chi connectivity index (χ2n) is 4.96. The van der Waals surface area contributed by atoms with Crippen molar-refractivity contribution in [2.45, 2.75) is 13.5 Å². The van der Waals surface area contributed by atoms with Crippen molar-refractivity contribution in [3.05, 3.63) is 68.9 Å². The monoisotopic (exact) mass is 343 g/mol. The van der Waals surface area contributed by atoms with E-state index in [1.807, 2.05) is 13.0 Å². The van der Waals surface area contributed by atoms with Gasteiger partial charge >= 0.3 is 0 Å². The molecule has 0 spiro atoms. The van der Waals surface area contributed by atoms with Gasteiger partial charge in [-0.15, -0.1) is 11.3 Å². The Labute approximate surface area is 141 Å². The number of benzene rings is 1. The highest BCUT2D eigenvalue weighted by molar-refractivity contribution is 7.15. The highest BCUT2D eigenvalue weighted by Gasteiger charge is 2.19. The molecule has 2 aromatic heterocycles. The zero-order valence-corrected chi connectivity index (χ0v) is 13.5. The molecule has 0 fully saturated rings. The van der Waals surface area contributed by atoms with Crippen molar-refractivity contribution in [3.8, 4) is 10.8 Å². The van der Waals surface area contributed by atoms with Crippen molar-refractivity contribution in [1.29, 1.82) is 0 Å². The number of amides is 1. The third-order valence-corrected chi connectivity index (χ3v) is 4.55. The third-order valence-electron chi connectivity index (χ3n) is 3.38. The fraction of sp³-hybridized carbons (Fsp3) is 0.125. The number of carbonyl (C=O) groups excluding carboxylic acids is 1. The first kappa shape index (κ1) is 15.9. The maximum absolute atomic E-state index is 12.2. The fourth-order valence-electron chi connectivity index (χ4n) is 2.18. The second-order valence-corrected chi connectivity index (χ2v) is 6.05. The molecule has 1 amide bonds. The first-order valence-corrected chi connectivity index (χ1v) is 7.89. The molecule has 24 heavy (non-hydrogen) atoms. The minimum atomic E-state index is -0.568. The SMILES string of the molecule is Cc1nc(-c2ccco2)sc1CNC(=O)c1ccccc1[N+](=O)[O-]. The van der Waals surface area contributed by atoms with Crippen molar-refractivity contribution in [3.63, 3.8) is 0 Å². The summed E-state index contributed by atoms with van der Waals surface area (Å²) in [5.41, 5.74) is 0.609.